The van der Waals surface area contributed by atoms with E-state index < -0.39 is 0 Å². The van der Waals surface area contributed by atoms with Crippen LogP contribution in [-0.4, -0.2) is 47.5 Å². The van der Waals surface area contributed by atoms with Gasteiger partial charge in [-0.3, -0.25) is 0 Å². The molecule has 6 nitrogen and oxygen atoms in total. The third-order valence-electron chi connectivity index (χ3n) is 2.96. The van der Waals surface area contributed by atoms with Crippen LogP contribution in [0.1, 0.15) is 5.69 Å². The first-order valence-corrected chi connectivity index (χ1v) is 5.82. The summed E-state index contributed by atoms with van der Waals surface area (Å²) in [5, 5.41) is 9.37. The molecule has 1 aromatic rings. The van der Waals surface area contributed by atoms with Gasteiger partial charge in [0.2, 0.25) is 5.28 Å². The van der Waals surface area contributed by atoms with Crippen molar-refractivity contribution in [1.82, 2.24) is 9.97 Å². The highest BCUT2D eigenvalue weighted by Crippen LogP contribution is 2.36. The number of fused-ring (bicyclic) bond motifs is 3. The summed E-state index contributed by atoms with van der Waals surface area (Å²) < 4.78 is 11.0. The van der Waals surface area contributed by atoms with Crippen LogP contribution < -0.4 is 9.64 Å². The zero-order valence-electron chi connectivity index (χ0n) is 9.10. The van der Waals surface area contributed by atoms with Crippen molar-refractivity contribution in [2.75, 3.05) is 31.3 Å². The van der Waals surface area contributed by atoms with E-state index in [0.717, 1.165) is 6.54 Å². The predicted molar refractivity (Wildman–Crippen MR) is 60.4 cm³/mol. The van der Waals surface area contributed by atoms with Crippen LogP contribution in [0.25, 0.3) is 0 Å². The number of rotatable bonds is 1. The normalized spacial score (nSPS) is 22.7. The fourth-order valence-electron chi connectivity index (χ4n) is 2.16. The fourth-order valence-corrected chi connectivity index (χ4v) is 2.34. The molecule has 3 heterocycles. The van der Waals surface area contributed by atoms with Crippen molar-refractivity contribution >= 4 is 17.4 Å². The second-order valence-electron chi connectivity index (χ2n) is 3.98. The molecule has 1 aromatic heterocycles. The average molecular weight is 258 g/mol. The zero-order valence-corrected chi connectivity index (χ0v) is 9.85. The molecule has 92 valence electrons. The number of aliphatic hydroxyl groups excluding tert-OH is 1. The molecule has 0 spiro atoms. The Bertz CT molecular complexity index is 443. The molecule has 0 bridgehead atoms. The van der Waals surface area contributed by atoms with Crippen molar-refractivity contribution in [2.45, 2.75) is 12.6 Å². The quantitative estimate of drug-likeness (QED) is 0.726. The highest BCUT2D eigenvalue weighted by Gasteiger charge is 2.33. The highest BCUT2D eigenvalue weighted by atomic mass is 35.5. The maximum absolute atomic E-state index is 9.24. The summed E-state index contributed by atoms with van der Waals surface area (Å²) in [6, 6.07) is 0.161. The van der Waals surface area contributed by atoms with Gasteiger partial charge in [-0.1, -0.05) is 0 Å². The molecule has 1 N–H and O–H groups in total. The number of aliphatic hydroxyl groups is 1. The summed E-state index contributed by atoms with van der Waals surface area (Å²) in [4.78, 5) is 10.3. The molecule has 1 saturated heterocycles. The monoisotopic (exact) mass is 257 g/mol. The van der Waals surface area contributed by atoms with Crippen LogP contribution in [0.15, 0.2) is 0 Å². The average Bonchev–Trinajstić information content (AvgIpc) is 2.37. The molecule has 3 rings (SSSR count). The first-order chi connectivity index (χ1) is 8.29. The predicted octanol–water partition coefficient (Wildman–Crippen LogP) is 0.220. The minimum Gasteiger partial charge on any atom is -0.486 e. The standard InChI is InChI=1S/C10H12ClN3O3/c11-10-12-7(3-15)8-9(13-10)14-1-2-16-4-6(14)5-17-8/h6,15H,1-5H2/t6-/m0/s1. The molecule has 2 aliphatic rings. The van der Waals surface area contributed by atoms with Crippen LogP contribution >= 0.6 is 11.6 Å². The maximum atomic E-state index is 9.24. The molecule has 7 heteroatoms. The van der Waals surface area contributed by atoms with Crippen LogP contribution in [0.5, 0.6) is 5.75 Å². The lowest BCUT2D eigenvalue weighted by molar-refractivity contribution is 0.0688. The summed E-state index contributed by atoms with van der Waals surface area (Å²) in [5.74, 6) is 1.20. The van der Waals surface area contributed by atoms with E-state index in [-0.39, 0.29) is 17.9 Å². The van der Waals surface area contributed by atoms with Crippen molar-refractivity contribution in [3.8, 4) is 5.75 Å². The van der Waals surface area contributed by atoms with E-state index in [4.69, 9.17) is 21.1 Å². The fraction of sp³-hybridized carbons (Fsp3) is 0.600. The Morgan fingerprint density at radius 1 is 1.41 bits per heavy atom. The number of hydrogen-bond acceptors (Lipinski definition) is 6. The molecule has 1 fully saturated rings. The van der Waals surface area contributed by atoms with Gasteiger partial charge < -0.3 is 19.5 Å². The summed E-state index contributed by atoms with van der Waals surface area (Å²) >= 11 is 5.84. The van der Waals surface area contributed by atoms with Gasteiger partial charge >= 0.3 is 0 Å². The van der Waals surface area contributed by atoms with E-state index in [1.54, 1.807) is 0 Å². The smallest absolute Gasteiger partial charge is 0.224 e. The van der Waals surface area contributed by atoms with Gasteiger partial charge in [0.05, 0.1) is 25.9 Å². The third-order valence-corrected chi connectivity index (χ3v) is 3.13. The van der Waals surface area contributed by atoms with Crippen LogP contribution in [0.2, 0.25) is 5.28 Å². The third kappa shape index (κ3) is 1.82. The summed E-state index contributed by atoms with van der Waals surface area (Å²) in [6.45, 7) is 2.34. The molecular weight excluding hydrogens is 246 g/mol. The van der Waals surface area contributed by atoms with Crippen molar-refractivity contribution in [3.63, 3.8) is 0 Å². The largest absolute Gasteiger partial charge is 0.486 e. The summed E-state index contributed by atoms with van der Waals surface area (Å²) in [6.07, 6.45) is 0. The SMILES string of the molecule is OCc1nc(Cl)nc2c1OC[C@@H]1COCCN21. The molecule has 0 aliphatic carbocycles. The number of halogens is 1. The Hall–Kier alpha value is -1.11. The molecule has 1 atom stereocenters. The van der Waals surface area contributed by atoms with Crippen LogP contribution in [0.3, 0.4) is 0 Å². The Balaban J connectivity index is 2.06. The van der Waals surface area contributed by atoms with Gasteiger partial charge in [-0.05, 0) is 11.6 Å². The number of nitrogens with zero attached hydrogens (tertiary/aromatic N) is 3. The van der Waals surface area contributed by atoms with Gasteiger partial charge in [0.15, 0.2) is 11.6 Å². The summed E-state index contributed by atoms with van der Waals surface area (Å²) in [7, 11) is 0. The lowest BCUT2D eigenvalue weighted by atomic mass is 10.2. The second-order valence-corrected chi connectivity index (χ2v) is 4.32. The van der Waals surface area contributed by atoms with Crippen LogP contribution in [0.4, 0.5) is 5.82 Å². The van der Waals surface area contributed by atoms with Crippen LogP contribution in [0, 0.1) is 0 Å². The second kappa shape index (κ2) is 4.29. The number of morpholine rings is 1. The van der Waals surface area contributed by atoms with Crippen molar-refractivity contribution in [2.24, 2.45) is 0 Å². The van der Waals surface area contributed by atoms with Gasteiger partial charge in [0, 0.05) is 6.54 Å². The minimum absolute atomic E-state index is 0.128. The molecule has 0 saturated carbocycles. The topological polar surface area (TPSA) is 67.7 Å². The van der Waals surface area contributed by atoms with Gasteiger partial charge in [-0.15, -0.1) is 0 Å². The number of hydrogen-bond donors (Lipinski definition) is 1. The maximum Gasteiger partial charge on any atom is 0.224 e. The van der Waals surface area contributed by atoms with E-state index >= 15 is 0 Å². The lowest BCUT2D eigenvalue weighted by Gasteiger charge is -2.40. The van der Waals surface area contributed by atoms with Gasteiger partial charge in [-0.2, -0.15) is 4.98 Å². The molecule has 17 heavy (non-hydrogen) atoms. The lowest BCUT2D eigenvalue weighted by Crippen LogP contribution is -2.51. The Labute approximate surface area is 103 Å². The molecule has 2 aliphatic heterocycles. The van der Waals surface area contributed by atoms with Crippen molar-refractivity contribution in [1.29, 1.82) is 0 Å². The molecule has 0 radical (unpaired) electrons. The van der Waals surface area contributed by atoms with Gasteiger partial charge in [-0.25, -0.2) is 4.98 Å². The first kappa shape index (κ1) is 11.0. The van der Waals surface area contributed by atoms with Gasteiger partial charge in [0.25, 0.3) is 0 Å². The van der Waals surface area contributed by atoms with E-state index in [1.807, 2.05) is 0 Å². The molecular formula is C10H12ClN3O3. The Morgan fingerprint density at radius 2 is 2.29 bits per heavy atom. The summed E-state index contributed by atoms with van der Waals surface area (Å²) in [5.41, 5.74) is 0.435. The van der Waals surface area contributed by atoms with Gasteiger partial charge in [0.1, 0.15) is 12.3 Å². The number of ether oxygens (including phenoxy) is 2. The number of aromatic nitrogens is 2. The van der Waals surface area contributed by atoms with E-state index in [2.05, 4.69) is 14.9 Å². The van der Waals surface area contributed by atoms with Crippen molar-refractivity contribution in [3.05, 3.63) is 11.0 Å². The van der Waals surface area contributed by atoms with E-state index in [0.29, 0.717) is 37.1 Å². The molecule has 0 amide bonds. The Morgan fingerprint density at radius 3 is 3.12 bits per heavy atom. The molecule has 0 unspecified atom stereocenters. The number of anilines is 1. The minimum atomic E-state index is -0.209. The first-order valence-electron chi connectivity index (χ1n) is 5.44. The zero-order chi connectivity index (χ0) is 11.8. The molecule has 0 aromatic carbocycles. The van der Waals surface area contributed by atoms with E-state index in [9.17, 15) is 5.11 Å². The van der Waals surface area contributed by atoms with Crippen LogP contribution in [-0.2, 0) is 11.3 Å². The van der Waals surface area contributed by atoms with E-state index in [1.165, 1.54) is 0 Å². The highest BCUT2D eigenvalue weighted by molar-refractivity contribution is 6.28. The Kier molecular flexibility index (Phi) is 2.78. The van der Waals surface area contributed by atoms with Crippen molar-refractivity contribution < 1.29 is 14.6 Å².